The van der Waals surface area contributed by atoms with Gasteiger partial charge in [-0.25, -0.2) is 14.2 Å². The summed E-state index contributed by atoms with van der Waals surface area (Å²) in [5, 5.41) is 6.15. The van der Waals surface area contributed by atoms with Crippen LogP contribution in [0.5, 0.6) is 0 Å². The molecule has 0 fully saturated rings. The van der Waals surface area contributed by atoms with Gasteiger partial charge in [0.2, 0.25) is 5.91 Å². The van der Waals surface area contributed by atoms with Crippen molar-refractivity contribution in [1.82, 2.24) is 15.6 Å². The molecule has 6 nitrogen and oxygen atoms in total. The van der Waals surface area contributed by atoms with Gasteiger partial charge >= 0.3 is 6.09 Å². The van der Waals surface area contributed by atoms with Crippen LogP contribution in [0.25, 0.3) is 10.2 Å². The van der Waals surface area contributed by atoms with Crippen molar-refractivity contribution < 1.29 is 18.7 Å². The molecule has 26 heavy (non-hydrogen) atoms. The molecule has 0 saturated heterocycles. The number of carbonyl (C=O) groups excluding carboxylic acids is 2. The molecule has 8 heteroatoms. The molecule has 2 rings (SSSR count). The van der Waals surface area contributed by atoms with Gasteiger partial charge in [-0.05, 0) is 38.0 Å². The van der Waals surface area contributed by atoms with Crippen molar-refractivity contribution in [3.8, 4) is 0 Å². The number of ether oxygens (including phenoxy) is 1. The number of amides is 2. The molecule has 2 N–H and O–H groups in total. The molecule has 0 radical (unpaired) electrons. The van der Waals surface area contributed by atoms with E-state index in [-0.39, 0.29) is 17.8 Å². The molecule has 0 unspecified atom stereocenters. The van der Waals surface area contributed by atoms with Crippen molar-refractivity contribution in [1.29, 1.82) is 0 Å². The van der Waals surface area contributed by atoms with E-state index in [0.717, 1.165) is 11.1 Å². The minimum absolute atomic E-state index is 0.293. The number of benzene rings is 1. The molecular formula is C18H24FN3O3S. The molecule has 2 amide bonds. The number of hydrogen-bond acceptors (Lipinski definition) is 5. The van der Waals surface area contributed by atoms with E-state index in [2.05, 4.69) is 15.6 Å². The van der Waals surface area contributed by atoms with Crippen LogP contribution < -0.4 is 10.6 Å². The molecule has 1 aromatic heterocycles. The van der Waals surface area contributed by atoms with Crippen LogP contribution in [0.4, 0.5) is 9.18 Å². The summed E-state index contributed by atoms with van der Waals surface area (Å²) in [7, 11) is 0. The van der Waals surface area contributed by atoms with E-state index in [1.54, 1.807) is 6.07 Å². The number of halogens is 1. The first kappa shape index (κ1) is 20.1. The summed E-state index contributed by atoms with van der Waals surface area (Å²) in [5.41, 5.74) is 0.693. The Morgan fingerprint density at radius 1 is 1.27 bits per heavy atom. The van der Waals surface area contributed by atoms with Crippen LogP contribution in [-0.4, -0.2) is 29.6 Å². The topological polar surface area (TPSA) is 80.3 Å². The van der Waals surface area contributed by atoms with Gasteiger partial charge in [-0.2, -0.15) is 0 Å². The van der Waals surface area contributed by atoms with Gasteiger partial charge in [0.15, 0.2) is 0 Å². The second-order valence-corrected chi connectivity index (χ2v) is 7.08. The first-order valence-corrected chi connectivity index (χ1v) is 9.55. The van der Waals surface area contributed by atoms with Gasteiger partial charge in [0.05, 0.1) is 22.9 Å². The van der Waals surface area contributed by atoms with E-state index in [9.17, 15) is 14.0 Å². The summed E-state index contributed by atoms with van der Waals surface area (Å²) >= 11 is 1.33. The van der Waals surface area contributed by atoms with Gasteiger partial charge in [-0.1, -0.05) is 20.3 Å². The van der Waals surface area contributed by atoms with Gasteiger partial charge in [0.1, 0.15) is 16.9 Å². The average molecular weight is 381 g/mol. The standard InChI is InChI=1S/C18H24FN3O3S/c1-4-6-14(22-18(24)25-9-5-2)16(23)20-11(3)17-21-13-8-7-12(19)10-15(13)26-17/h7-8,10-11,14H,4-6,9H2,1-3H3,(H,20,23)(H,22,24)/t11-,14+/m1/s1. The Balaban J connectivity index is 2.02. The summed E-state index contributed by atoms with van der Waals surface area (Å²) in [6.45, 7) is 5.95. The van der Waals surface area contributed by atoms with Crippen LogP contribution in [-0.2, 0) is 9.53 Å². The maximum absolute atomic E-state index is 13.3. The largest absolute Gasteiger partial charge is 0.450 e. The number of alkyl carbamates (subject to hydrolysis) is 1. The van der Waals surface area contributed by atoms with Crippen LogP contribution in [0.1, 0.15) is 51.1 Å². The number of hydrogen-bond donors (Lipinski definition) is 2. The SMILES string of the molecule is CCCOC(=O)N[C@@H](CCC)C(=O)N[C@H](C)c1nc2ccc(F)cc2s1. The quantitative estimate of drug-likeness (QED) is 0.726. The first-order chi connectivity index (χ1) is 12.4. The number of aromatic nitrogens is 1. The van der Waals surface area contributed by atoms with Gasteiger partial charge in [0, 0.05) is 0 Å². The minimum atomic E-state index is -0.668. The van der Waals surface area contributed by atoms with Crippen molar-refractivity contribution >= 4 is 33.6 Å². The van der Waals surface area contributed by atoms with E-state index >= 15 is 0 Å². The molecule has 0 saturated carbocycles. The van der Waals surface area contributed by atoms with Crippen molar-refractivity contribution in [2.45, 2.75) is 52.1 Å². The summed E-state index contributed by atoms with van der Waals surface area (Å²) in [6, 6.07) is 3.38. The maximum atomic E-state index is 13.3. The molecule has 142 valence electrons. The van der Waals surface area contributed by atoms with E-state index in [0.29, 0.717) is 30.0 Å². The highest BCUT2D eigenvalue weighted by Gasteiger charge is 2.23. The summed E-state index contributed by atoms with van der Waals surface area (Å²) in [4.78, 5) is 28.7. The minimum Gasteiger partial charge on any atom is -0.450 e. The average Bonchev–Trinajstić information content (AvgIpc) is 3.02. The lowest BCUT2D eigenvalue weighted by Crippen LogP contribution is -2.47. The van der Waals surface area contributed by atoms with Crippen LogP contribution in [0.15, 0.2) is 18.2 Å². The third-order valence-electron chi connectivity index (χ3n) is 3.72. The molecule has 1 aromatic carbocycles. The van der Waals surface area contributed by atoms with Crippen LogP contribution in [0.3, 0.4) is 0 Å². The predicted molar refractivity (Wildman–Crippen MR) is 99.6 cm³/mol. The van der Waals surface area contributed by atoms with E-state index in [1.807, 2.05) is 20.8 Å². The van der Waals surface area contributed by atoms with Crippen molar-refractivity contribution in [3.05, 3.63) is 29.0 Å². The Labute approximate surface area is 156 Å². The van der Waals surface area contributed by atoms with Crippen molar-refractivity contribution in [3.63, 3.8) is 0 Å². The number of fused-ring (bicyclic) bond motifs is 1. The zero-order chi connectivity index (χ0) is 19.1. The summed E-state index contributed by atoms with van der Waals surface area (Å²) in [6.07, 6.45) is 1.36. The highest BCUT2D eigenvalue weighted by molar-refractivity contribution is 7.18. The van der Waals surface area contributed by atoms with Crippen LogP contribution >= 0.6 is 11.3 Å². The maximum Gasteiger partial charge on any atom is 0.407 e. The normalized spacial score (nSPS) is 13.2. The second-order valence-electron chi connectivity index (χ2n) is 6.02. The first-order valence-electron chi connectivity index (χ1n) is 8.74. The van der Waals surface area contributed by atoms with Gasteiger partial charge in [-0.15, -0.1) is 11.3 Å². The van der Waals surface area contributed by atoms with E-state index in [1.165, 1.54) is 23.5 Å². The number of thiazole rings is 1. The van der Waals surface area contributed by atoms with Crippen LogP contribution in [0.2, 0.25) is 0 Å². The fraction of sp³-hybridized carbons (Fsp3) is 0.500. The fourth-order valence-corrected chi connectivity index (χ4v) is 3.41. The van der Waals surface area contributed by atoms with E-state index in [4.69, 9.17) is 4.74 Å². The van der Waals surface area contributed by atoms with Crippen molar-refractivity contribution in [2.24, 2.45) is 0 Å². The molecule has 2 atom stereocenters. The Hall–Kier alpha value is -2.22. The molecule has 0 aliphatic heterocycles. The third-order valence-corrected chi connectivity index (χ3v) is 4.92. The Morgan fingerprint density at radius 2 is 2.04 bits per heavy atom. The van der Waals surface area contributed by atoms with Crippen molar-refractivity contribution in [2.75, 3.05) is 6.61 Å². The lowest BCUT2D eigenvalue weighted by molar-refractivity contribution is -0.123. The Kier molecular flexibility index (Phi) is 7.32. The Morgan fingerprint density at radius 3 is 2.73 bits per heavy atom. The zero-order valence-electron chi connectivity index (χ0n) is 15.2. The highest BCUT2D eigenvalue weighted by Crippen LogP contribution is 2.27. The van der Waals surface area contributed by atoms with E-state index < -0.39 is 12.1 Å². The smallest absolute Gasteiger partial charge is 0.407 e. The van der Waals surface area contributed by atoms with Crippen LogP contribution in [0, 0.1) is 5.82 Å². The lowest BCUT2D eigenvalue weighted by atomic mass is 10.1. The zero-order valence-corrected chi connectivity index (χ0v) is 16.0. The molecule has 0 aliphatic carbocycles. The second kappa shape index (κ2) is 9.47. The fourth-order valence-electron chi connectivity index (χ4n) is 2.41. The summed E-state index contributed by atoms with van der Waals surface area (Å²) in [5.74, 6) is -0.611. The third kappa shape index (κ3) is 5.39. The lowest BCUT2D eigenvalue weighted by Gasteiger charge is -2.20. The molecule has 2 aromatic rings. The van der Waals surface area contributed by atoms with Gasteiger partial charge in [-0.3, -0.25) is 4.79 Å². The highest BCUT2D eigenvalue weighted by atomic mass is 32.1. The monoisotopic (exact) mass is 381 g/mol. The molecule has 0 spiro atoms. The number of rotatable bonds is 8. The van der Waals surface area contributed by atoms with Gasteiger partial charge < -0.3 is 15.4 Å². The molecule has 1 heterocycles. The molecular weight excluding hydrogens is 357 g/mol. The molecule has 0 bridgehead atoms. The predicted octanol–water partition coefficient (Wildman–Crippen LogP) is 3.92. The molecule has 0 aliphatic rings. The van der Waals surface area contributed by atoms with Gasteiger partial charge in [0.25, 0.3) is 0 Å². The Bertz CT molecular complexity index is 765. The number of nitrogens with zero attached hydrogens (tertiary/aromatic N) is 1. The number of nitrogens with one attached hydrogen (secondary N) is 2. The summed E-state index contributed by atoms with van der Waals surface area (Å²) < 4.78 is 19.0. The number of carbonyl (C=O) groups is 2.